The van der Waals surface area contributed by atoms with E-state index in [2.05, 4.69) is 4.74 Å². The van der Waals surface area contributed by atoms with Crippen LogP contribution in [0.15, 0.2) is 42.5 Å². The smallest absolute Gasteiger partial charge is 0.439 e. The number of carbonyl (C=O) groups excluding carboxylic acids is 2. The third kappa shape index (κ3) is 6.05. The first kappa shape index (κ1) is 32.5. The zero-order valence-corrected chi connectivity index (χ0v) is 20.9. The summed E-state index contributed by atoms with van der Waals surface area (Å²) < 4.78 is 135. The second kappa shape index (κ2) is 11.4. The van der Waals surface area contributed by atoms with Gasteiger partial charge in [-0.05, 0) is 44.5 Å². The fourth-order valence-electron chi connectivity index (χ4n) is 3.51. The van der Waals surface area contributed by atoms with Crippen LogP contribution in [0, 0.1) is 6.92 Å². The normalized spacial score (nSPS) is 14.2. The van der Waals surface area contributed by atoms with Gasteiger partial charge in [-0.3, -0.25) is 4.79 Å². The molecule has 1 amide bonds. The van der Waals surface area contributed by atoms with E-state index < -0.39 is 70.7 Å². The quantitative estimate of drug-likeness (QED) is 0.207. The SMILES string of the molecule is CCOC(=O)[C@@](O)(c1ccc(NC(NC(=O)c2ccccc2OCC)(C(F)(F)F)C(F)(F)F)c(C)c1)C(F)(F)F. The molecule has 0 saturated heterocycles. The maximum absolute atomic E-state index is 14.2. The van der Waals surface area contributed by atoms with Crippen LogP contribution in [-0.4, -0.2) is 54.4 Å². The molecule has 2 rings (SSSR count). The maximum Gasteiger partial charge on any atom is 0.439 e. The number of esters is 1. The van der Waals surface area contributed by atoms with Crippen molar-refractivity contribution >= 4 is 17.6 Å². The highest BCUT2D eigenvalue weighted by atomic mass is 19.4. The summed E-state index contributed by atoms with van der Waals surface area (Å²) in [5.41, 5.74) is -13.1. The van der Waals surface area contributed by atoms with Crippen molar-refractivity contribution in [1.29, 1.82) is 0 Å². The molecule has 0 unspecified atom stereocenters. The van der Waals surface area contributed by atoms with Crippen molar-refractivity contribution in [2.45, 2.75) is 50.6 Å². The van der Waals surface area contributed by atoms with Gasteiger partial charge in [0.25, 0.3) is 11.5 Å². The van der Waals surface area contributed by atoms with E-state index in [-0.39, 0.29) is 12.4 Å². The first-order valence-electron chi connectivity index (χ1n) is 11.3. The number of anilines is 1. The van der Waals surface area contributed by atoms with Gasteiger partial charge in [-0.15, -0.1) is 0 Å². The van der Waals surface area contributed by atoms with Gasteiger partial charge in [0, 0.05) is 11.3 Å². The molecule has 3 N–H and O–H groups in total. The fourth-order valence-corrected chi connectivity index (χ4v) is 3.51. The molecule has 0 aromatic heterocycles. The molecule has 0 bridgehead atoms. The Kier molecular flexibility index (Phi) is 9.29. The molecule has 7 nitrogen and oxygen atoms in total. The Labute approximate surface area is 221 Å². The molecule has 1 atom stereocenters. The van der Waals surface area contributed by atoms with E-state index in [1.54, 1.807) is 0 Å². The summed E-state index contributed by atoms with van der Waals surface area (Å²) in [6.45, 7) is 2.76. The highest BCUT2D eigenvalue weighted by Crippen LogP contribution is 2.46. The fraction of sp³-hybridized carbons (Fsp3) is 0.417. The molecular weight excluding hydrogens is 567 g/mol. The minimum absolute atomic E-state index is 0.0756. The van der Waals surface area contributed by atoms with Crippen LogP contribution in [0.2, 0.25) is 0 Å². The average molecular weight is 590 g/mol. The van der Waals surface area contributed by atoms with E-state index in [1.807, 2.05) is 0 Å². The number of aryl methyl sites for hydroxylation is 1. The van der Waals surface area contributed by atoms with Gasteiger partial charge < -0.3 is 25.2 Å². The van der Waals surface area contributed by atoms with Gasteiger partial charge in [-0.25, -0.2) is 4.79 Å². The molecule has 0 spiro atoms. The lowest BCUT2D eigenvalue weighted by Gasteiger charge is -2.39. The van der Waals surface area contributed by atoms with E-state index in [9.17, 15) is 54.2 Å². The van der Waals surface area contributed by atoms with Crippen molar-refractivity contribution in [2.24, 2.45) is 0 Å². The molecule has 0 aliphatic heterocycles. The molecule has 0 aliphatic rings. The molecule has 222 valence electrons. The van der Waals surface area contributed by atoms with Gasteiger partial charge in [-0.2, -0.15) is 39.5 Å². The molecule has 40 heavy (non-hydrogen) atoms. The van der Waals surface area contributed by atoms with Gasteiger partial charge in [0.1, 0.15) is 5.75 Å². The summed E-state index contributed by atoms with van der Waals surface area (Å²) in [4.78, 5) is 24.7. The first-order chi connectivity index (χ1) is 18.3. The van der Waals surface area contributed by atoms with Gasteiger partial charge in [-0.1, -0.05) is 24.3 Å². The van der Waals surface area contributed by atoms with E-state index in [0.29, 0.717) is 18.2 Å². The van der Waals surface area contributed by atoms with Crippen LogP contribution in [0.1, 0.15) is 35.3 Å². The molecule has 0 heterocycles. The summed E-state index contributed by atoms with van der Waals surface area (Å²) >= 11 is 0. The van der Waals surface area contributed by atoms with Crippen molar-refractivity contribution in [2.75, 3.05) is 18.5 Å². The Morgan fingerprint density at radius 3 is 1.90 bits per heavy atom. The number of hydrogen-bond acceptors (Lipinski definition) is 6. The van der Waals surface area contributed by atoms with Crippen molar-refractivity contribution in [3.8, 4) is 5.75 Å². The zero-order valence-electron chi connectivity index (χ0n) is 20.9. The number of aliphatic hydroxyl groups is 1. The Bertz CT molecular complexity index is 1210. The maximum atomic E-state index is 14.2. The van der Waals surface area contributed by atoms with Crippen LogP contribution in [0.3, 0.4) is 0 Å². The number of amides is 1. The number of para-hydroxylation sites is 1. The van der Waals surface area contributed by atoms with Crippen LogP contribution < -0.4 is 15.4 Å². The Hall–Kier alpha value is -3.69. The van der Waals surface area contributed by atoms with Gasteiger partial charge >= 0.3 is 30.2 Å². The summed E-state index contributed by atoms with van der Waals surface area (Å²) in [5, 5.41) is 12.3. The zero-order chi connectivity index (χ0) is 30.7. The van der Waals surface area contributed by atoms with E-state index in [1.165, 1.54) is 19.1 Å². The third-order valence-electron chi connectivity index (χ3n) is 5.53. The lowest BCUT2D eigenvalue weighted by Crippen LogP contribution is -2.72. The molecule has 0 radical (unpaired) electrons. The van der Waals surface area contributed by atoms with E-state index in [0.717, 1.165) is 36.6 Å². The molecular formula is C24H23F9N2O5. The summed E-state index contributed by atoms with van der Waals surface area (Å²) in [6.07, 6.45) is -18.2. The lowest BCUT2D eigenvalue weighted by atomic mass is 9.91. The minimum atomic E-state index is -6.26. The van der Waals surface area contributed by atoms with Gasteiger partial charge in [0.05, 0.1) is 18.8 Å². The number of hydrogen-bond donors (Lipinski definition) is 3. The number of alkyl halides is 9. The topological polar surface area (TPSA) is 96.9 Å². The minimum Gasteiger partial charge on any atom is -0.493 e. The number of ether oxygens (including phenoxy) is 2. The first-order valence-corrected chi connectivity index (χ1v) is 11.3. The highest BCUT2D eigenvalue weighted by Gasteiger charge is 2.73. The van der Waals surface area contributed by atoms with Gasteiger partial charge in [0.2, 0.25) is 0 Å². The Morgan fingerprint density at radius 2 is 1.43 bits per heavy atom. The van der Waals surface area contributed by atoms with Crippen molar-refractivity contribution in [3.05, 3.63) is 59.2 Å². The van der Waals surface area contributed by atoms with Crippen molar-refractivity contribution < 1.29 is 63.7 Å². The van der Waals surface area contributed by atoms with Crippen molar-refractivity contribution in [1.82, 2.24) is 5.32 Å². The second-order valence-electron chi connectivity index (χ2n) is 8.21. The molecule has 2 aromatic carbocycles. The highest BCUT2D eigenvalue weighted by molar-refractivity contribution is 5.97. The van der Waals surface area contributed by atoms with E-state index in [4.69, 9.17) is 4.74 Å². The predicted octanol–water partition coefficient (Wildman–Crippen LogP) is 5.37. The summed E-state index contributed by atoms with van der Waals surface area (Å²) in [5.74, 6) is -4.32. The van der Waals surface area contributed by atoms with Crippen LogP contribution in [0.4, 0.5) is 45.2 Å². The largest absolute Gasteiger partial charge is 0.493 e. The van der Waals surface area contributed by atoms with E-state index >= 15 is 0 Å². The summed E-state index contributed by atoms with van der Waals surface area (Å²) in [7, 11) is 0. The molecule has 16 heteroatoms. The number of benzene rings is 2. The molecule has 0 fully saturated rings. The van der Waals surface area contributed by atoms with Crippen LogP contribution in [-0.2, 0) is 15.1 Å². The Balaban J connectivity index is 2.66. The second-order valence-corrected chi connectivity index (χ2v) is 8.21. The van der Waals surface area contributed by atoms with Gasteiger partial charge in [0.15, 0.2) is 0 Å². The van der Waals surface area contributed by atoms with Crippen LogP contribution in [0.5, 0.6) is 5.75 Å². The summed E-state index contributed by atoms with van der Waals surface area (Å²) in [6, 6.07) is 5.56. The molecule has 0 saturated carbocycles. The molecule has 2 aromatic rings. The monoisotopic (exact) mass is 590 g/mol. The number of halogens is 9. The number of carbonyl (C=O) groups is 2. The average Bonchev–Trinajstić information content (AvgIpc) is 2.82. The van der Waals surface area contributed by atoms with Crippen LogP contribution in [0.25, 0.3) is 0 Å². The number of nitrogens with one attached hydrogen (secondary N) is 2. The third-order valence-corrected chi connectivity index (χ3v) is 5.53. The molecule has 0 aliphatic carbocycles. The Morgan fingerprint density at radius 1 is 0.850 bits per heavy atom. The standard InChI is InChI=1S/C24H23F9N2O5/c1-4-39-17-9-7-6-8-15(17)18(36)35-21(23(28,29)30,24(31,32)33)34-16-11-10-14(12-13(16)3)20(38,22(25,26)27)19(37)40-5-2/h6-12,34,38H,4-5H2,1-3H3,(H,35,36)/t20-/m0/s1. The van der Waals surface area contributed by atoms with Crippen molar-refractivity contribution in [3.63, 3.8) is 0 Å². The van der Waals surface area contributed by atoms with Crippen LogP contribution >= 0.6 is 0 Å². The lowest BCUT2D eigenvalue weighted by molar-refractivity contribution is -0.294. The number of rotatable bonds is 9. The predicted molar refractivity (Wildman–Crippen MR) is 121 cm³/mol.